The molecule has 1 saturated carbocycles. The lowest BCUT2D eigenvalue weighted by Gasteiger charge is -2.09. The number of nitrogens with two attached hydrogens (primary N) is 1. The maximum atomic E-state index is 11.6. The Kier molecular flexibility index (Phi) is 4.31. The highest BCUT2D eigenvalue weighted by Crippen LogP contribution is 2.27. The van der Waals surface area contributed by atoms with Crippen molar-refractivity contribution in [3.8, 4) is 0 Å². The third kappa shape index (κ3) is 4.13. The zero-order valence-electron chi connectivity index (χ0n) is 11.2. The molecule has 1 aliphatic rings. The van der Waals surface area contributed by atoms with Gasteiger partial charge in [-0.3, -0.25) is 19.7 Å². The third-order valence-corrected chi connectivity index (χ3v) is 3.05. The number of nitro groups is 1. The van der Waals surface area contributed by atoms with Gasteiger partial charge in [0.15, 0.2) is 0 Å². The molecular formula is C12H15N5O4. The molecular weight excluding hydrogens is 278 g/mol. The SMILES string of the molecule is NC(=O)c1cc([N+](=O)[O-])cnc1NCC(=O)NCC1CC1. The predicted octanol–water partition coefficient (Wildman–Crippen LogP) is 0.0268. The number of amides is 2. The Morgan fingerprint density at radius 2 is 2.19 bits per heavy atom. The molecule has 2 rings (SSSR count). The van der Waals surface area contributed by atoms with Crippen LogP contribution in [0.3, 0.4) is 0 Å². The molecule has 0 bridgehead atoms. The number of anilines is 1. The summed E-state index contributed by atoms with van der Waals surface area (Å²) in [6.45, 7) is 0.550. The van der Waals surface area contributed by atoms with Gasteiger partial charge in [0.1, 0.15) is 12.0 Å². The first-order chi connectivity index (χ1) is 9.97. The van der Waals surface area contributed by atoms with E-state index in [0.29, 0.717) is 12.5 Å². The van der Waals surface area contributed by atoms with Gasteiger partial charge in [0.25, 0.3) is 11.6 Å². The molecule has 9 nitrogen and oxygen atoms in total. The zero-order valence-corrected chi connectivity index (χ0v) is 11.2. The number of carbonyl (C=O) groups excluding carboxylic acids is 2. The molecule has 1 aromatic rings. The van der Waals surface area contributed by atoms with E-state index in [0.717, 1.165) is 25.1 Å². The van der Waals surface area contributed by atoms with Crippen LogP contribution in [0.15, 0.2) is 12.3 Å². The van der Waals surface area contributed by atoms with Crippen molar-refractivity contribution < 1.29 is 14.5 Å². The van der Waals surface area contributed by atoms with Crippen molar-refractivity contribution in [2.75, 3.05) is 18.4 Å². The summed E-state index contributed by atoms with van der Waals surface area (Å²) in [6.07, 6.45) is 3.25. The van der Waals surface area contributed by atoms with E-state index in [1.807, 2.05) is 0 Å². The molecule has 112 valence electrons. The molecule has 0 unspecified atom stereocenters. The third-order valence-electron chi connectivity index (χ3n) is 3.05. The molecule has 0 aromatic carbocycles. The molecule has 1 heterocycles. The van der Waals surface area contributed by atoms with Crippen LogP contribution in [0.1, 0.15) is 23.2 Å². The van der Waals surface area contributed by atoms with Gasteiger partial charge < -0.3 is 16.4 Å². The van der Waals surface area contributed by atoms with Gasteiger partial charge in [0.05, 0.1) is 17.0 Å². The molecule has 0 spiro atoms. The lowest BCUT2D eigenvalue weighted by atomic mass is 10.2. The van der Waals surface area contributed by atoms with E-state index in [-0.39, 0.29) is 29.5 Å². The number of nitrogens with one attached hydrogen (secondary N) is 2. The first-order valence-corrected chi connectivity index (χ1v) is 6.42. The van der Waals surface area contributed by atoms with Crippen LogP contribution in [0.2, 0.25) is 0 Å². The van der Waals surface area contributed by atoms with E-state index in [9.17, 15) is 19.7 Å². The Bertz CT molecular complexity index is 585. The summed E-state index contributed by atoms with van der Waals surface area (Å²) >= 11 is 0. The smallest absolute Gasteiger partial charge is 0.288 e. The van der Waals surface area contributed by atoms with E-state index >= 15 is 0 Å². The Hall–Kier alpha value is -2.71. The highest BCUT2D eigenvalue weighted by atomic mass is 16.6. The number of pyridine rings is 1. The van der Waals surface area contributed by atoms with Crippen LogP contribution in [-0.2, 0) is 4.79 Å². The highest BCUT2D eigenvalue weighted by molar-refractivity contribution is 5.98. The van der Waals surface area contributed by atoms with Gasteiger partial charge in [0.2, 0.25) is 5.91 Å². The van der Waals surface area contributed by atoms with Gasteiger partial charge in [-0.25, -0.2) is 4.98 Å². The minimum atomic E-state index is -0.855. The van der Waals surface area contributed by atoms with E-state index in [1.54, 1.807) is 0 Å². The van der Waals surface area contributed by atoms with E-state index < -0.39 is 10.8 Å². The van der Waals surface area contributed by atoms with Gasteiger partial charge in [0, 0.05) is 12.6 Å². The van der Waals surface area contributed by atoms with Crippen LogP contribution in [0, 0.1) is 16.0 Å². The molecule has 0 saturated heterocycles. The molecule has 1 aliphatic carbocycles. The Labute approximate surface area is 120 Å². The lowest BCUT2D eigenvalue weighted by Crippen LogP contribution is -2.32. The molecule has 1 fully saturated rings. The Morgan fingerprint density at radius 3 is 2.76 bits per heavy atom. The van der Waals surface area contributed by atoms with Gasteiger partial charge in [-0.1, -0.05) is 0 Å². The number of nitrogens with zero attached hydrogens (tertiary/aromatic N) is 2. The molecule has 4 N–H and O–H groups in total. The number of rotatable bonds is 7. The van der Waals surface area contributed by atoms with Crippen LogP contribution in [-0.4, -0.2) is 34.8 Å². The number of carbonyl (C=O) groups is 2. The topological polar surface area (TPSA) is 140 Å². The van der Waals surface area contributed by atoms with Gasteiger partial charge >= 0.3 is 0 Å². The standard InChI is InChI=1S/C12H15N5O4/c13-11(19)9-3-8(17(20)21)5-15-12(9)16-6-10(18)14-4-7-1-2-7/h3,5,7H,1-2,4,6H2,(H2,13,19)(H,14,18)(H,15,16). The molecule has 0 radical (unpaired) electrons. The van der Waals surface area contributed by atoms with Crippen molar-refractivity contribution in [1.29, 1.82) is 0 Å². The summed E-state index contributed by atoms with van der Waals surface area (Å²) in [6, 6.07) is 1.03. The second-order valence-electron chi connectivity index (χ2n) is 4.81. The van der Waals surface area contributed by atoms with E-state index in [1.165, 1.54) is 0 Å². The van der Waals surface area contributed by atoms with Crippen molar-refractivity contribution >= 4 is 23.3 Å². The monoisotopic (exact) mass is 293 g/mol. The average Bonchev–Trinajstić information content (AvgIpc) is 3.26. The van der Waals surface area contributed by atoms with E-state index in [4.69, 9.17) is 5.73 Å². The van der Waals surface area contributed by atoms with Crippen molar-refractivity contribution in [2.45, 2.75) is 12.8 Å². The number of primary amides is 1. The number of hydrogen-bond donors (Lipinski definition) is 3. The number of hydrogen-bond acceptors (Lipinski definition) is 6. The van der Waals surface area contributed by atoms with Crippen molar-refractivity contribution in [3.63, 3.8) is 0 Å². The average molecular weight is 293 g/mol. The fourth-order valence-electron chi connectivity index (χ4n) is 1.69. The molecule has 0 aliphatic heterocycles. The quantitative estimate of drug-likeness (QED) is 0.478. The molecule has 9 heteroatoms. The minimum absolute atomic E-state index is 0.0506. The van der Waals surface area contributed by atoms with Crippen molar-refractivity contribution in [1.82, 2.24) is 10.3 Å². The second kappa shape index (κ2) is 6.16. The summed E-state index contributed by atoms with van der Waals surface area (Å²) in [5, 5.41) is 16.0. The molecule has 2 amide bonds. The van der Waals surface area contributed by atoms with Gasteiger partial charge in [-0.2, -0.15) is 0 Å². The predicted molar refractivity (Wildman–Crippen MR) is 73.6 cm³/mol. The van der Waals surface area contributed by atoms with E-state index in [2.05, 4.69) is 15.6 Å². The minimum Gasteiger partial charge on any atom is -0.365 e. The highest BCUT2D eigenvalue weighted by Gasteiger charge is 2.22. The zero-order chi connectivity index (χ0) is 15.4. The second-order valence-corrected chi connectivity index (χ2v) is 4.81. The largest absolute Gasteiger partial charge is 0.365 e. The maximum Gasteiger partial charge on any atom is 0.288 e. The Balaban J connectivity index is 1.99. The fourth-order valence-corrected chi connectivity index (χ4v) is 1.69. The lowest BCUT2D eigenvalue weighted by molar-refractivity contribution is -0.385. The molecule has 21 heavy (non-hydrogen) atoms. The van der Waals surface area contributed by atoms with Crippen LogP contribution < -0.4 is 16.4 Å². The van der Waals surface area contributed by atoms with Crippen molar-refractivity contribution in [3.05, 3.63) is 27.9 Å². The Morgan fingerprint density at radius 1 is 1.48 bits per heavy atom. The maximum absolute atomic E-state index is 11.6. The van der Waals surface area contributed by atoms with Crippen LogP contribution in [0.25, 0.3) is 0 Å². The fraction of sp³-hybridized carbons (Fsp3) is 0.417. The normalized spacial score (nSPS) is 13.5. The van der Waals surface area contributed by atoms with Gasteiger partial charge in [-0.05, 0) is 18.8 Å². The van der Waals surface area contributed by atoms with Crippen LogP contribution >= 0.6 is 0 Å². The van der Waals surface area contributed by atoms with Crippen molar-refractivity contribution in [2.24, 2.45) is 11.7 Å². The van der Waals surface area contributed by atoms with Crippen LogP contribution in [0.4, 0.5) is 11.5 Å². The number of aromatic nitrogens is 1. The summed E-state index contributed by atoms with van der Waals surface area (Å²) in [5.74, 6) is -0.480. The first-order valence-electron chi connectivity index (χ1n) is 6.42. The van der Waals surface area contributed by atoms with Gasteiger partial charge in [-0.15, -0.1) is 0 Å². The summed E-state index contributed by atoms with van der Waals surface area (Å²) < 4.78 is 0. The first kappa shape index (κ1) is 14.7. The summed E-state index contributed by atoms with van der Waals surface area (Å²) in [5.41, 5.74) is 4.69. The van der Waals surface area contributed by atoms with Crippen LogP contribution in [0.5, 0.6) is 0 Å². The summed E-state index contributed by atoms with van der Waals surface area (Å²) in [4.78, 5) is 36.6. The summed E-state index contributed by atoms with van der Waals surface area (Å²) in [7, 11) is 0. The molecule has 1 aromatic heterocycles. The molecule has 0 atom stereocenters.